The number of esters is 1. The molecule has 0 saturated carbocycles. The number of nitrogens with zero attached hydrogens (tertiary/aromatic N) is 1. The highest BCUT2D eigenvalue weighted by atomic mass is 32.2. The van der Waals surface area contributed by atoms with E-state index in [9.17, 15) is 19.8 Å². The van der Waals surface area contributed by atoms with Gasteiger partial charge in [-0.1, -0.05) is 39.3 Å². The van der Waals surface area contributed by atoms with Gasteiger partial charge in [-0.15, -0.1) is 34.9 Å². The molecule has 1 aromatic rings. The first kappa shape index (κ1) is 32.4. The van der Waals surface area contributed by atoms with E-state index in [2.05, 4.69) is 11.1 Å². The van der Waals surface area contributed by atoms with Crippen molar-refractivity contribution in [1.82, 2.24) is 4.98 Å². The van der Waals surface area contributed by atoms with Crippen LogP contribution in [0.4, 0.5) is 0 Å². The van der Waals surface area contributed by atoms with Crippen LogP contribution in [-0.2, 0) is 14.3 Å². The predicted molar refractivity (Wildman–Crippen MR) is 164 cm³/mol. The van der Waals surface area contributed by atoms with Gasteiger partial charge in [-0.2, -0.15) is 0 Å². The van der Waals surface area contributed by atoms with Crippen molar-refractivity contribution >= 4 is 52.7 Å². The standard InChI is InChI=1S/C30H45NO5S3/c1-18-8-7-9-22(15-27-37-12-13-38-27)10-11-24(19(2)14-23-17-39-21(4)31-23)36-26(33)16-25(32)30(5,6)29(35)20(3)28(18)34/h10,14,17-18,20,24-25,27-28,32,34H,7-9,11-13,15-16H2,1-6H3/b19-14+,22-10+/t18-,20+,24-,25-,28-/m0/s1. The van der Waals surface area contributed by atoms with E-state index < -0.39 is 35.6 Å². The van der Waals surface area contributed by atoms with Crippen molar-refractivity contribution in [3.8, 4) is 0 Å². The van der Waals surface area contributed by atoms with Gasteiger partial charge in [-0.3, -0.25) is 9.59 Å². The normalized spacial score (nSPS) is 32.1. The third-order valence-electron chi connectivity index (χ3n) is 8.03. The minimum Gasteiger partial charge on any atom is -0.457 e. The first-order chi connectivity index (χ1) is 18.4. The largest absolute Gasteiger partial charge is 0.457 e. The zero-order valence-corrected chi connectivity index (χ0v) is 26.6. The number of ketones is 1. The number of ether oxygens (including phenoxy) is 1. The molecule has 39 heavy (non-hydrogen) atoms. The number of carbonyl (C=O) groups is 2. The van der Waals surface area contributed by atoms with Crippen LogP contribution in [0.3, 0.4) is 0 Å². The fourth-order valence-corrected chi connectivity index (χ4v) is 8.73. The van der Waals surface area contributed by atoms with E-state index in [-0.39, 0.29) is 18.1 Å². The van der Waals surface area contributed by atoms with E-state index in [4.69, 9.17) is 4.74 Å². The van der Waals surface area contributed by atoms with Gasteiger partial charge in [0.1, 0.15) is 11.9 Å². The van der Waals surface area contributed by atoms with Crippen LogP contribution in [0.2, 0.25) is 0 Å². The molecule has 3 rings (SSSR count). The summed E-state index contributed by atoms with van der Waals surface area (Å²) < 4.78 is 6.50. The molecule has 0 aliphatic carbocycles. The monoisotopic (exact) mass is 595 g/mol. The fourth-order valence-electron chi connectivity index (χ4n) is 5.24. The number of hydrogen-bond acceptors (Lipinski definition) is 9. The summed E-state index contributed by atoms with van der Waals surface area (Å²) in [4.78, 5) is 31.0. The lowest BCUT2D eigenvalue weighted by Crippen LogP contribution is -2.45. The predicted octanol–water partition coefficient (Wildman–Crippen LogP) is 6.44. The van der Waals surface area contributed by atoms with Crippen LogP contribution < -0.4 is 0 Å². The molecular formula is C30H45NO5S3. The molecule has 218 valence electrons. The first-order valence-corrected chi connectivity index (χ1v) is 17.0. The van der Waals surface area contributed by atoms with Crippen molar-refractivity contribution in [3.05, 3.63) is 33.3 Å². The van der Waals surface area contributed by atoms with Gasteiger partial charge in [0.05, 0.1) is 39.3 Å². The van der Waals surface area contributed by atoms with Crippen LogP contribution in [0.15, 0.2) is 22.6 Å². The fraction of sp³-hybridized carbons (Fsp3) is 0.700. The molecule has 1 fully saturated rings. The summed E-state index contributed by atoms with van der Waals surface area (Å²) in [5.74, 6) is 0.870. The van der Waals surface area contributed by atoms with Crippen LogP contribution in [0.1, 0.15) is 83.8 Å². The number of aliphatic hydroxyl groups is 2. The van der Waals surface area contributed by atoms with Crippen molar-refractivity contribution in [2.75, 3.05) is 11.5 Å². The number of thiazole rings is 1. The minimum atomic E-state index is -1.22. The highest BCUT2D eigenvalue weighted by molar-refractivity contribution is 8.20. The summed E-state index contributed by atoms with van der Waals surface area (Å²) in [5, 5.41) is 24.9. The zero-order valence-electron chi connectivity index (χ0n) is 24.1. The summed E-state index contributed by atoms with van der Waals surface area (Å²) >= 11 is 5.58. The van der Waals surface area contributed by atoms with Gasteiger partial charge in [0.25, 0.3) is 0 Å². The van der Waals surface area contributed by atoms with Crippen LogP contribution in [0.25, 0.3) is 6.08 Å². The average Bonchev–Trinajstić information content (AvgIpc) is 3.55. The summed E-state index contributed by atoms with van der Waals surface area (Å²) in [6.07, 6.45) is 5.57. The smallest absolute Gasteiger partial charge is 0.309 e. The average molecular weight is 596 g/mol. The Labute approximate surface area is 246 Å². The van der Waals surface area contributed by atoms with Crippen molar-refractivity contribution in [2.45, 2.75) is 103 Å². The number of hydrogen-bond donors (Lipinski definition) is 2. The van der Waals surface area contributed by atoms with E-state index in [0.29, 0.717) is 11.0 Å². The first-order valence-electron chi connectivity index (χ1n) is 14.0. The number of cyclic esters (lactones) is 1. The van der Waals surface area contributed by atoms with Crippen LogP contribution in [0, 0.1) is 24.2 Å². The highest BCUT2D eigenvalue weighted by Crippen LogP contribution is 2.38. The van der Waals surface area contributed by atoms with Gasteiger partial charge < -0.3 is 14.9 Å². The lowest BCUT2D eigenvalue weighted by atomic mass is 9.73. The molecule has 0 spiro atoms. The Morgan fingerprint density at radius 1 is 1.21 bits per heavy atom. The Bertz CT molecular complexity index is 1040. The quantitative estimate of drug-likeness (QED) is 0.303. The van der Waals surface area contributed by atoms with Gasteiger partial charge in [0.2, 0.25) is 0 Å². The second-order valence-corrected chi connectivity index (χ2v) is 15.6. The molecule has 3 heterocycles. The third kappa shape index (κ3) is 9.18. The SMILES string of the molecule is C/C(=C\c1csc(C)n1)[C@@H]1C/C=C(/CC2SCCS2)CCC[C@H](C)[C@H](O)[C@@H](C)C(=O)C(C)(C)[C@@H](O)CC(=O)O1. The van der Waals surface area contributed by atoms with Crippen LogP contribution in [-0.4, -0.2) is 61.3 Å². The third-order valence-corrected chi connectivity index (χ3v) is 11.9. The second-order valence-electron chi connectivity index (χ2n) is 11.6. The van der Waals surface area contributed by atoms with Crippen LogP contribution >= 0.6 is 34.9 Å². The van der Waals surface area contributed by atoms with E-state index >= 15 is 0 Å². The van der Waals surface area contributed by atoms with E-state index in [0.717, 1.165) is 42.0 Å². The zero-order chi connectivity index (χ0) is 28.7. The number of aryl methyl sites for hydroxylation is 1. The Hall–Kier alpha value is -1.13. The van der Waals surface area contributed by atoms with Gasteiger partial charge in [-0.05, 0) is 57.1 Å². The Morgan fingerprint density at radius 2 is 1.90 bits per heavy atom. The maximum absolute atomic E-state index is 13.4. The number of allylic oxidation sites excluding steroid dienone is 1. The number of carbonyl (C=O) groups excluding carboxylic acids is 2. The summed E-state index contributed by atoms with van der Waals surface area (Å²) in [7, 11) is 0. The number of thioether (sulfide) groups is 2. The van der Waals surface area contributed by atoms with E-state index in [1.54, 1.807) is 32.1 Å². The number of aromatic nitrogens is 1. The van der Waals surface area contributed by atoms with Crippen molar-refractivity contribution in [2.24, 2.45) is 17.3 Å². The highest BCUT2D eigenvalue weighted by Gasteiger charge is 2.42. The Kier molecular flexibility index (Phi) is 12.2. The van der Waals surface area contributed by atoms with Gasteiger partial charge >= 0.3 is 5.97 Å². The van der Waals surface area contributed by atoms with Gasteiger partial charge in [0, 0.05) is 29.2 Å². The maximum atomic E-state index is 13.4. The molecule has 0 aromatic carbocycles. The molecule has 0 unspecified atom stereocenters. The summed E-state index contributed by atoms with van der Waals surface area (Å²) in [6, 6.07) is 0. The molecule has 2 aliphatic heterocycles. The molecular weight excluding hydrogens is 551 g/mol. The Balaban J connectivity index is 1.91. The number of Topliss-reactive ketones (excluding diaryl/α,β-unsaturated/α-hetero) is 1. The van der Waals surface area contributed by atoms with E-state index in [1.165, 1.54) is 17.1 Å². The molecule has 6 nitrogen and oxygen atoms in total. The molecule has 2 N–H and O–H groups in total. The summed E-state index contributed by atoms with van der Waals surface area (Å²) in [5.41, 5.74) is 1.89. The van der Waals surface area contributed by atoms with Crippen molar-refractivity contribution in [3.63, 3.8) is 0 Å². The van der Waals surface area contributed by atoms with Crippen LogP contribution in [0.5, 0.6) is 0 Å². The molecule has 5 atom stereocenters. The van der Waals surface area contributed by atoms with E-state index in [1.807, 2.05) is 55.8 Å². The molecule has 1 saturated heterocycles. The molecule has 9 heteroatoms. The molecule has 0 radical (unpaired) electrons. The van der Waals surface area contributed by atoms with Crippen molar-refractivity contribution in [1.29, 1.82) is 0 Å². The second kappa shape index (κ2) is 14.7. The Morgan fingerprint density at radius 3 is 2.54 bits per heavy atom. The lowest BCUT2D eigenvalue weighted by molar-refractivity contribution is -0.154. The van der Waals surface area contributed by atoms with Gasteiger partial charge in [0.15, 0.2) is 0 Å². The van der Waals surface area contributed by atoms with Gasteiger partial charge in [-0.25, -0.2) is 4.98 Å². The minimum absolute atomic E-state index is 0.0502. The molecule has 1 aromatic heterocycles. The molecule has 0 bridgehead atoms. The lowest BCUT2D eigenvalue weighted by Gasteiger charge is -2.34. The topological polar surface area (TPSA) is 96.7 Å². The maximum Gasteiger partial charge on any atom is 0.309 e. The molecule has 0 amide bonds. The number of aliphatic hydroxyl groups excluding tert-OH is 2. The molecule has 2 aliphatic rings. The van der Waals surface area contributed by atoms with Crippen molar-refractivity contribution < 1.29 is 24.5 Å². The number of rotatable bonds is 4. The summed E-state index contributed by atoms with van der Waals surface area (Å²) in [6.45, 7) is 10.9.